The maximum Gasteiger partial charge on any atom is 0.338 e. The Hall–Kier alpha value is -4.15. The van der Waals surface area contributed by atoms with E-state index >= 15 is 0 Å². The standard InChI is InChI=1S/C36H30O3S/c1-2-9-31(40-36(38)34-32-14-7-5-12-27(32)22-28-13-6-8-15-33(28)34)18-19-39-35(37)29-17-16-26-20-24-10-3-4-11-25(24)21-30(26)23-29/h3-8,10-17,20-23,31H,2,9,18-19H2,1H3/t31-/m0/s1. The number of carbonyl (C=O) groups excluding carboxylic acids is 2. The monoisotopic (exact) mass is 542 g/mol. The summed E-state index contributed by atoms with van der Waals surface area (Å²) in [7, 11) is 0. The molecule has 4 heteroatoms. The van der Waals surface area contributed by atoms with Crippen molar-refractivity contribution in [3.63, 3.8) is 0 Å². The molecule has 0 spiro atoms. The number of benzene rings is 6. The van der Waals surface area contributed by atoms with Crippen LogP contribution in [0.15, 0.2) is 109 Å². The van der Waals surface area contributed by atoms with Gasteiger partial charge in [-0.2, -0.15) is 0 Å². The molecule has 3 nitrogen and oxygen atoms in total. The molecule has 1 atom stereocenters. The normalized spacial score (nSPS) is 12.2. The highest BCUT2D eigenvalue weighted by molar-refractivity contribution is 8.14. The van der Waals surface area contributed by atoms with E-state index in [4.69, 9.17) is 4.74 Å². The van der Waals surface area contributed by atoms with E-state index in [0.29, 0.717) is 12.0 Å². The van der Waals surface area contributed by atoms with Gasteiger partial charge in [-0.05, 0) is 86.3 Å². The number of fused-ring (bicyclic) bond motifs is 4. The fourth-order valence-electron chi connectivity index (χ4n) is 5.46. The number of thioether (sulfide) groups is 1. The molecular weight excluding hydrogens is 512 g/mol. The molecule has 0 radical (unpaired) electrons. The molecular formula is C36H30O3S. The number of hydrogen-bond donors (Lipinski definition) is 0. The van der Waals surface area contributed by atoms with Crippen LogP contribution in [0.4, 0.5) is 0 Å². The molecule has 0 aromatic heterocycles. The highest BCUT2D eigenvalue weighted by Crippen LogP contribution is 2.34. The zero-order valence-electron chi connectivity index (χ0n) is 22.4. The first-order chi connectivity index (χ1) is 19.6. The van der Waals surface area contributed by atoms with Crippen LogP contribution in [0.2, 0.25) is 0 Å². The maximum absolute atomic E-state index is 13.7. The van der Waals surface area contributed by atoms with E-state index in [-0.39, 0.29) is 22.9 Å². The van der Waals surface area contributed by atoms with Crippen LogP contribution < -0.4 is 0 Å². The van der Waals surface area contributed by atoms with Gasteiger partial charge in [0.25, 0.3) is 0 Å². The van der Waals surface area contributed by atoms with E-state index in [9.17, 15) is 9.59 Å². The van der Waals surface area contributed by atoms with Crippen LogP contribution in [-0.4, -0.2) is 22.9 Å². The van der Waals surface area contributed by atoms with Gasteiger partial charge >= 0.3 is 5.97 Å². The van der Waals surface area contributed by atoms with Crippen LogP contribution in [0, 0.1) is 0 Å². The van der Waals surface area contributed by atoms with Gasteiger partial charge in [0, 0.05) is 10.8 Å². The van der Waals surface area contributed by atoms with Gasteiger partial charge in [-0.1, -0.05) is 104 Å². The summed E-state index contributed by atoms with van der Waals surface area (Å²) in [5.41, 5.74) is 1.31. The van der Waals surface area contributed by atoms with Crippen molar-refractivity contribution >= 4 is 65.9 Å². The Bertz CT molecular complexity index is 1820. The summed E-state index contributed by atoms with van der Waals surface area (Å²) < 4.78 is 5.71. The van der Waals surface area contributed by atoms with E-state index in [1.54, 1.807) is 0 Å². The molecule has 0 aliphatic heterocycles. The van der Waals surface area contributed by atoms with Gasteiger partial charge in [-0.25, -0.2) is 4.79 Å². The van der Waals surface area contributed by atoms with Crippen molar-refractivity contribution in [2.75, 3.05) is 6.61 Å². The lowest BCUT2D eigenvalue weighted by Gasteiger charge is -2.17. The quantitative estimate of drug-likeness (QED) is 0.142. The smallest absolute Gasteiger partial charge is 0.338 e. The van der Waals surface area contributed by atoms with Crippen LogP contribution in [0.1, 0.15) is 46.9 Å². The van der Waals surface area contributed by atoms with Crippen LogP contribution in [0.25, 0.3) is 43.1 Å². The van der Waals surface area contributed by atoms with Crippen molar-refractivity contribution in [2.24, 2.45) is 0 Å². The van der Waals surface area contributed by atoms with Gasteiger partial charge in [-0.3, -0.25) is 4.79 Å². The molecule has 0 saturated heterocycles. The minimum atomic E-state index is -0.332. The summed E-state index contributed by atoms with van der Waals surface area (Å²) in [6, 6.07) is 36.5. The largest absolute Gasteiger partial charge is 0.462 e. The third-order valence-corrected chi connectivity index (χ3v) is 8.70. The van der Waals surface area contributed by atoms with Crippen molar-refractivity contribution in [3.8, 4) is 0 Å². The lowest BCUT2D eigenvalue weighted by atomic mass is 9.97. The Morgan fingerprint density at radius 1 is 0.650 bits per heavy atom. The van der Waals surface area contributed by atoms with E-state index in [1.807, 2.05) is 66.7 Å². The van der Waals surface area contributed by atoms with E-state index in [1.165, 1.54) is 17.1 Å². The molecule has 198 valence electrons. The van der Waals surface area contributed by atoms with Gasteiger partial charge < -0.3 is 4.74 Å². The Morgan fingerprint density at radius 2 is 1.20 bits per heavy atom. The number of esters is 1. The fraction of sp³-hybridized carbons (Fsp3) is 0.167. The molecule has 0 fully saturated rings. The second-order valence-corrected chi connectivity index (χ2v) is 11.5. The maximum atomic E-state index is 13.7. The topological polar surface area (TPSA) is 43.4 Å². The van der Waals surface area contributed by atoms with E-state index < -0.39 is 0 Å². The summed E-state index contributed by atoms with van der Waals surface area (Å²) in [6.07, 6.45) is 2.45. The molecule has 0 N–H and O–H groups in total. The molecule has 0 unspecified atom stereocenters. The van der Waals surface area contributed by atoms with Crippen LogP contribution >= 0.6 is 11.8 Å². The van der Waals surface area contributed by atoms with Crippen molar-refractivity contribution in [1.29, 1.82) is 0 Å². The molecule has 0 aliphatic rings. The van der Waals surface area contributed by atoms with Gasteiger partial charge in [-0.15, -0.1) is 0 Å². The predicted molar refractivity (Wildman–Crippen MR) is 168 cm³/mol. The van der Waals surface area contributed by atoms with Crippen molar-refractivity contribution in [1.82, 2.24) is 0 Å². The first-order valence-corrected chi connectivity index (χ1v) is 14.7. The lowest BCUT2D eigenvalue weighted by Crippen LogP contribution is -2.14. The summed E-state index contributed by atoms with van der Waals surface area (Å²) in [5.74, 6) is -0.332. The molecule has 0 aliphatic carbocycles. The molecule has 6 aromatic rings. The molecule has 0 bridgehead atoms. The van der Waals surface area contributed by atoms with Crippen molar-refractivity contribution < 1.29 is 14.3 Å². The predicted octanol–water partition coefficient (Wildman–Crippen LogP) is 9.59. The van der Waals surface area contributed by atoms with E-state index in [0.717, 1.165) is 56.1 Å². The Morgan fingerprint density at radius 3 is 1.85 bits per heavy atom. The summed E-state index contributed by atoms with van der Waals surface area (Å²) in [4.78, 5) is 26.7. The minimum Gasteiger partial charge on any atom is -0.462 e. The zero-order chi connectivity index (χ0) is 27.5. The molecule has 6 aromatic carbocycles. The van der Waals surface area contributed by atoms with Crippen molar-refractivity contribution in [3.05, 3.63) is 120 Å². The highest BCUT2D eigenvalue weighted by Gasteiger charge is 2.21. The van der Waals surface area contributed by atoms with Crippen LogP contribution in [0.3, 0.4) is 0 Å². The van der Waals surface area contributed by atoms with E-state index in [2.05, 4.69) is 49.4 Å². The van der Waals surface area contributed by atoms with Gasteiger partial charge in [0.15, 0.2) is 0 Å². The first kappa shape index (κ1) is 26.1. The van der Waals surface area contributed by atoms with Crippen LogP contribution in [-0.2, 0) is 4.74 Å². The molecule has 40 heavy (non-hydrogen) atoms. The first-order valence-electron chi connectivity index (χ1n) is 13.8. The number of rotatable bonds is 8. The summed E-state index contributed by atoms with van der Waals surface area (Å²) >= 11 is 1.37. The Labute approximate surface area is 238 Å². The number of ether oxygens (including phenoxy) is 1. The third-order valence-electron chi connectivity index (χ3n) is 7.47. The number of carbonyl (C=O) groups is 2. The van der Waals surface area contributed by atoms with Gasteiger partial charge in [0.1, 0.15) is 0 Å². The summed E-state index contributed by atoms with van der Waals surface area (Å²) in [5, 5.41) is 8.64. The van der Waals surface area contributed by atoms with Crippen LogP contribution in [0.5, 0.6) is 0 Å². The van der Waals surface area contributed by atoms with Crippen molar-refractivity contribution in [2.45, 2.75) is 31.4 Å². The third kappa shape index (κ3) is 5.32. The highest BCUT2D eigenvalue weighted by atomic mass is 32.2. The fourth-order valence-corrected chi connectivity index (χ4v) is 6.67. The lowest BCUT2D eigenvalue weighted by molar-refractivity contribution is 0.0500. The zero-order valence-corrected chi connectivity index (χ0v) is 23.2. The second-order valence-electron chi connectivity index (χ2n) is 10.2. The SMILES string of the molecule is CCC[C@@H](CCOC(=O)c1ccc2cc3ccccc3cc2c1)SC(=O)c1c2ccccc2cc2ccccc12. The molecule has 0 heterocycles. The molecule has 0 amide bonds. The van der Waals surface area contributed by atoms with Gasteiger partial charge in [0.2, 0.25) is 5.12 Å². The Balaban J connectivity index is 1.16. The summed E-state index contributed by atoms with van der Waals surface area (Å²) in [6.45, 7) is 2.39. The average Bonchev–Trinajstić information content (AvgIpc) is 2.98. The average molecular weight is 543 g/mol. The molecule has 0 saturated carbocycles. The molecule has 6 rings (SSSR count). The minimum absolute atomic E-state index is 0.0611. The number of hydrogen-bond acceptors (Lipinski definition) is 4. The van der Waals surface area contributed by atoms with Gasteiger partial charge in [0.05, 0.1) is 12.2 Å². The second kappa shape index (κ2) is 11.5. The Kier molecular flexibility index (Phi) is 7.52.